The maximum Gasteiger partial charge on any atom is 0.471 e. The quantitative estimate of drug-likeness (QED) is 0.551. The molecule has 2 amide bonds. The van der Waals surface area contributed by atoms with Gasteiger partial charge in [0.05, 0.1) is 12.1 Å². The van der Waals surface area contributed by atoms with Crippen LogP contribution in [0.1, 0.15) is 18.1 Å². The average Bonchev–Trinajstić information content (AvgIpc) is 2.61. The van der Waals surface area contributed by atoms with Crippen LogP contribution in [0.3, 0.4) is 0 Å². The number of benzene rings is 2. The fourth-order valence-corrected chi connectivity index (χ4v) is 2.05. The second kappa shape index (κ2) is 8.35. The number of hydrazone groups is 1. The molecule has 0 unspecified atom stereocenters. The van der Waals surface area contributed by atoms with E-state index in [0.717, 1.165) is 0 Å². The molecule has 0 atom stereocenters. The van der Waals surface area contributed by atoms with Crippen molar-refractivity contribution in [3.05, 3.63) is 59.7 Å². The van der Waals surface area contributed by atoms with E-state index in [1.165, 1.54) is 36.4 Å². The van der Waals surface area contributed by atoms with Crippen LogP contribution >= 0.6 is 0 Å². The minimum absolute atomic E-state index is 0.00904. The predicted molar refractivity (Wildman–Crippen MR) is 93.3 cm³/mol. The second-order valence-corrected chi connectivity index (χ2v) is 5.60. The molecule has 0 bridgehead atoms. The third-order valence-electron chi connectivity index (χ3n) is 3.47. The Morgan fingerprint density at radius 2 is 1.63 bits per heavy atom. The summed E-state index contributed by atoms with van der Waals surface area (Å²) < 4.78 is 36.6. The smallest absolute Gasteiger partial charge is 0.471 e. The molecule has 2 rings (SSSR count). The van der Waals surface area contributed by atoms with Gasteiger partial charge in [0.1, 0.15) is 5.75 Å². The van der Waals surface area contributed by atoms with E-state index in [9.17, 15) is 27.9 Å². The first-order valence-electron chi connectivity index (χ1n) is 7.75. The molecule has 27 heavy (non-hydrogen) atoms. The van der Waals surface area contributed by atoms with Crippen molar-refractivity contribution in [2.75, 3.05) is 5.32 Å². The van der Waals surface area contributed by atoms with Crippen molar-refractivity contribution in [3.8, 4) is 5.75 Å². The van der Waals surface area contributed by atoms with E-state index in [1.807, 2.05) is 0 Å². The summed E-state index contributed by atoms with van der Waals surface area (Å²) >= 11 is 0. The van der Waals surface area contributed by atoms with Crippen LogP contribution in [-0.2, 0) is 16.0 Å². The van der Waals surface area contributed by atoms with Gasteiger partial charge in [-0.3, -0.25) is 9.59 Å². The second-order valence-electron chi connectivity index (χ2n) is 5.60. The number of amides is 2. The lowest BCUT2D eigenvalue weighted by molar-refractivity contribution is -0.167. The molecule has 0 saturated carbocycles. The number of phenols is 1. The maximum absolute atomic E-state index is 12.2. The molecule has 2 aromatic carbocycles. The van der Waals surface area contributed by atoms with Gasteiger partial charge in [0.25, 0.3) is 0 Å². The first-order chi connectivity index (χ1) is 12.6. The molecular weight excluding hydrogens is 363 g/mol. The Kier molecular flexibility index (Phi) is 6.17. The summed E-state index contributed by atoms with van der Waals surface area (Å²) in [5.41, 5.74) is 4.06. The monoisotopic (exact) mass is 379 g/mol. The number of aromatic hydroxyl groups is 1. The SMILES string of the molecule is C/C(=N\NC(=O)Cc1ccc(O)cc1)c1ccc(NC(=O)C(F)(F)F)cc1. The number of nitrogens with one attached hydrogen (secondary N) is 2. The first-order valence-corrected chi connectivity index (χ1v) is 7.75. The van der Waals surface area contributed by atoms with Gasteiger partial charge in [-0.15, -0.1) is 0 Å². The van der Waals surface area contributed by atoms with Crippen LogP contribution in [0.2, 0.25) is 0 Å². The van der Waals surface area contributed by atoms with E-state index in [1.54, 1.807) is 24.4 Å². The number of carbonyl (C=O) groups is 2. The standard InChI is InChI=1S/C18H16F3N3O3/c1-11(23-24-16(26)10-12-2-8-15(25)9-3-12)13-4-6-14(7-5-13)22-17(27)18(19,20)21/h2-9,25H,10H2,1H3,(H,22,27)(H,24,26)/b23-11+. The summed E-state index contributed by atoms with van der Waals surface area (Å²) in [7, 11) is 0. The maximum atomic E-state index is 12.2. The van der Waals surface area contributed by atoms with Crippen molar-refractivity contribution < 1.29 is 27.9 Å². The molecule has 0 radical (unpaired) electrons. The molecule has 2 aromatic rings. The molecular formula is C18H16F3N3O3. The van der Waals surface area contributed by atoms with Gasteiger partial charge in [0.2, 0.25) is 5.91 Å². The Morgan fingerprint density at radius 3 is 2.19 bits per heavy atom. The molecule has 142 valence electrons. The molecule has 0 aliphatic carbocycles. The van der Waals surface area contributed by atoms with E-state index in [-0.39, 0.29) is 23.8 Å². The molecule has 0 aromatic heterocycles. The van der Waals surface area contributed by atoms with Crippen LogP contribution in [0.25, 0.3) is 0 Å². The lowest BCUT2D eigenvalue weighted by Gasteiger charge is -2.08. The highest BCUT2D eigenvalue weighted by molar-refractivity contribution is 6.00. The van der Waals surface area contributed by atoms with E-state index in [4.69, 9.17) is 0 Å². The summed E-state index contributed by atoms with van der Waals surface area (Å²) in [5, 5.41) is 14.9. The molecule has 6 nitrogen and oxygen atoms in total. The highest BCUT2D eigenvalue weighted by Gasteiger charge is 2.38. The topological polar surface area (TPSA) is 90.8 Å². The van der Waals surface area contributed by atoms with Crippen molar-refractivity contribution in [1.82, 2.24) is 5.43 Å². The molecule has 0 heterocycles. The van der Waals surface area contributed by atoms with Gasteiger partial charge in [-0.1, -0.05) is 24.3 Å². The van der Waals surface area contributed by atoms with Crippen LogP contribution in [-0.4, -0.2) is 28.8 Å². The molecule has 0 fully saturated rings. The fourth-order valence-electron chi connectivity index (χ4n) is 2.05. The Morgan fingerprint density at radius 1 is 1.04 bits per heavy atom. The average molecular weight is 379 g/mol. The van der Waals surface area contributed by atoms with Crippen LogP contribution < -0.4 is 10.7 Å². The molecule has 0 spiro atoms. The minimum atomic E-state index is -4.96. The molecule has 0 saturated heterocycles. The highest BCUT2D eigenvalue weighted by Crippen LogP contribution is 2.18. The Labute approximate surface area is 152 Å². The van der Waals surface area contributed by atoms with Crippen molar-refractivity contribution in [2.24, 2.45) is 5.10 Å². The first kappa shape index (κ1) is 20.0. The Balaban J connectivity index is 1.94. The van der Waals surface area contributed by atoms with Crippen molar-refractivity contribution in [2.45, 2.75) is 19.5 Å². The number of alkyl halides is 3. The number of anilines is 1. The van der Waals surface area contributed by atoms with E-state index in [2.05, 4.69) is 10.5 Å². The zero-order valence-corrected chi connectivity index (χ0v) is 14.2. The third-order valence-corrected chi connectivity index (χ3v) is 3.47. The van der Waals surface area contributed by atoms with Crippen LogP contribution in [0.15, 0.2) is 53.6 Å². The number of halogens is 3. The normalized spacial score (nSPS) is 11.8. The highest BCUT2D eigenvalue weighted by atomic mass is 19.4. The van der Waals surface area contributed by atoms with E-state index >= 15 is 0 Å². The molecule has 0 aliphatic rings. The largest absolute Gasteiger partial charge is 0.508 e. The summed E-state index contributed by atoms with van der Waals surface area (Å²) in [4.78, 5) is 22.7. The van der Waals surface area contributed by atoms with Gasteiger partial charge in [-0.25, -0.2) is 5.43 Å². The summed E-state index contributed by atoms with van der Waals surface area (Å²) in [5.74, 6) is -2.32. The van der Waals surface area contributed by atoms with Crippen molar-refractivity contribution in [3.63, 3.8) is 0 Å². The summed E-state index contributed by atoms with van der Waals surface area (Å²) in [6.45, 7) is 1.62. The number of carbonyl (C=O) groups excluding carboxylic acids is 2. The van der Waals surface area contributed by atoms with Gasteiger partial charge in [-0.05, 0) is 42.3 Å². The van der Waals surface area contributed by atoms with Gasteiger partial charge < -0.3 is 10.4 Å². The molecule has 3 N–H and O–H groups in total. The number of hydrogen-bond acceptors (Lipinski definition) is 4. The molecule has 0 aliphatic heterocycles. The number of rotatable bonds is 5. The zero-order chi connectivity index (χ0) is 20.0. The number of nitrogens with zero attached hydrogens (tertiary/aromatic N) is 1. The van der Waals surface area contributed by atoms with Gasteiger partial charge in [0.15, 0.2) is 0 Å². The molecule has 9 heteroatoms. The van der Waals surface area contributed by atoms with Gasteiger partial charge in [0, 0.05) is 5.69 Å². The predicted octanol–water partition coefficient (Wildman–Crippen LogP) is 2.98. The van der Waals surface area contributed by atoms with Crippen molar-refractivity contribution >= 4 is 23.2 Å². The Bertz CT molecular complexity index is 845. The summed E-state index contributed by atoms with van der Waals surface area (Å²) in [6.07, 6.45) is -4.89. The minimum Gasteiger partial charge on any atom is -0.508 e. The van der Waals surface area contributed by atoms with Gasteiger partial charge >= 0.3 is 12.1 Å². The van der Waals surface area contributed by atoms with Crippen molar-refractivity contribution in [1.29, 1.82) is 0 Å². The number of phenolic OH excluding ortho intramolecular Hbond substituents is 1. The van der Waals surface area contributed by atoms with Crippen LogP contribution in [0.5, 0.6) is 5.75 Å². The van der Waals surface area contributed by atoms with Crippen LogP contribution in [0, 0.1) is 0 Å². The zero-order valence-electron chi connectivity index (χ0n) is 14.2. The van der Waals surface area contributed by atoms with E-state index in [0.29, 0.717) is 16.8 Å². The van der Waals surface area contributed by atoms with Gasteiger partial charge in [-0.2, -0.15) is 18.3 Å². The third kappa shape index (κ3) is 6.14. The summed E-state index contributed by atoms with van der Waals surface area (Å²) in [6, 6.07) is 11.7. The lowest BCUT2D eigenvalue weighted by Crippen LogP contribution is -2.29. The number of hydrogen-bond donors (Lipinski definition) is 3. The Hall–Kier alpha value is -3.36. The van der Waals surface area contributed by atoms with E-state index < -0.39 is 12.1 Å². The fraction of sp³-hybridized carbons (Fsp3) is 0.167. The lowest BCUT2D eigenvalue weighted by atomic mass is 10.1. The van der Waals surface area contributed by atoms with Crippen LogP contribution in [0.4, 0.5) is 18.9 Å².